The summed E-state index contributed by atoms with van der Waals surface area (Å²) in [7, 11) is 0. The molecule has 0 aliphatic carbocycles. The Morgan fingerprint density at radius 2 is 2.19 bits per heavy atom. The van der Waals surface area contributed by atoms with Gasteiger partial charge in [-0.15, -0.1) is 0 Å². The Balaban J connectivity index is 2.02. The molecule has 0 radical (unpaired) electrons. The molecule has 1 unspecified atom stereocenters. The fraction of sp³-hybridized carbons (Fsp3) is 0.133. The van der Waals surface area contributed by atoms with Crippen molar-refractivity contribution in [1.82, 2.24) is 14.6 Å². The van der Waals surface area contributed by atoms with E-state index in [2.05, 4.69) is 10.1 Å². The molecule has 6 heteroatoms. The average Bonchev–Trinajstić information content (AvgIpc) is 2.93. The highest BCUT2D eigenvalue weighted by Crippen LogP contribution is 2.24. The van der Waals surface area contributed by atoms with Crippen LogP contribution in [0.1, 0.15) is 17.2 Å². The summed E-state index contributed by atoms with van der Waals surface area (Å²) in [6.45, 7) is 0. The normalized spacial score (nSPS) is 12.4. The van der Waals surface area contributed by atoms with E-state index in [0.29, 0.717) is 22.7 Å². The van der Waals surface area contributed by atoms with Crippen LogP contribution in [-0.4, -0.2) is 25.7 Å². The minimum atomic E-state index is -0.920. The molecular weight excluding hydrogens is 290 g/mol. The zero-order valence-electron chi connectivity index (χ0n) is 11.0. The summed E-state index contributed by atoms with van der Waals surface area (Å²) in [5.41, 5.74) is 2.06. The first-order chi connectivity index (χ1) is 10.1. The maximum absolute atomic E-state index is 11.7. The van der Waals surface area contributed by atoms with Gasteiger partial charge in [-0.1, -0.05) is 23.7 Å². The summed E-state index contributed by atoms with van der Waals surface area (Å²) < 4.78 is 1.62. The molecule has 0 amide bonds. The number of hydrogen-bond donors (Lipinski definition) is 1. The van der Waals surface area contributed by atoms with Crippen LogP contribution < -0.4 is 0 Å². The van der Waals surface area contributed by atoms with Crippen molar-refractivity contribution in [3.63, 3.8) is 0 Å². The van der Waals surface area contributed by atoms with E-state index in [1.54, 1.807) is 41.3 Å². The molecule has 3 aromatic rings. The van der Waals surface area contributed by atoms with E-state index in [9.17, 15) is 9.90 Å². The summed E-state index contributed by atoms with van der Waals surface area (Å²) >= 11 is 5.95. The second kappa shape index (κ2) is 5.54. The van der Waals surface area contributed by atoms with E-state index in [-0.39, 0.29) is 0 Å². The van der Waals surface area contributed by atoms with Crippen molar-refractivity contribution >= 4 is 23.1 Å². The second-order valence-corrected chi connectivity index (χ2v) is 5.13. The standard InChI is InChI=1S/C15H12ClN3O2/c16-11-3-1-2-10(8-11)9-12(15(20)21)14-13-4-5-18-19(13)7-6-17-14/h1-8,12H,9H2,(H,20,21). The summed E-state index contributed by atoms with van der Waals surface area (Å²) in [5, 5.41) is 14.2. The van der Waals surface area contributed by atoms with E-state index >= 15 is 0 Å². The van der Waals surface area contributed by atoms with Crippen LogP contribution in [0.15, 0.2) is 48.9 Å². The minimum absolute atomic E-state index is 0.327. The van der Waals surface area contributed by atoms with Crippen molar-refractivity contribution in [2.24, 2.45) is 0 Å². The summed E-state index contributed by atoms with van der Waals surface area (Å²) in [5.74, 6) is -1.67. The average molecular weight is 302 g/mol. The predicted octanol–water partition coefficient (Wildman–Crippen LogP) is 2.79. The van der Waals surface area contributed by atoms with E-state index in [4.69, 9.17) is 11.6 Å². The van der Waals surface area contributed by atoms with Crippen LogP contribution in [0.2, 0.25) is 5.02 Å². The van der Waals surface area contributed by atoms with Gasteiger partial charge in [-0.25, -0.2) is 4.52 Å². The van der Waals surface area contributed by atoms with Gasteiger partial charge >= 0.3 is 5.97 Å². The van der Waals surface area contributed by atoms with Crippen molar-refractivity contribution < 1.29 is 9.90 Å². The van der Waals surface area contributed by atoms with Crippen molar-refractivity contribution in [1.29, 1.82) is 0 Å². The fourth-order valence-electron chi connectivity index (χ4n) is 2.35. The molecule has 0 saturated heterocycles. The fourth-order valence-corrected chi connectivity index (χ4v) is 2.56. The molecular formula is C15H12ClN3O2. The van der Waals surface area contributed by atoms with Gasteiger partial charge in [-0.2, -0.15) is 5.10 Å². The first kappa shape index (κ1) is 13.6. The van der Waals surface area contributed by atoms with Crippen molar-refractivity contribution in [2.75, 3.05) is 0 Å². The number of aromatic nitrogens is 3. The zero-order valence-corrected chi connectivity index (χ0v) is 11.7. The topological polar surface area (TPSA) is 67.5 Å². The molecule has 0 bridgehead atoms. The monoisotopic (exact) mass is 301 g/mol. The Kier molecular flexibility index (Phi) is 3.58. The lowest BCUT2D eigenvalue weighted by molar-refractivity contribution is -0.138. The van der Waals surface area contributed by atoms with Crippen LogP contribution in [0.25, 0.3) is 5.52 Å². The molecule has 2 heterocycles. The highest BCUT2D eigenvalue weighted by atomic mass is 35.5. The number of carboxylic acids is 1. The Hall–Kier alpha value is -2.40. The summed E-state index contributed by atoms with van der Waals surface area (Å²) in [6, 6.07) is 8.96. The molecule has 21 heavy (non-hydrogen) atoms. The van der Waals surface area contributed by atoms with Crippen LogP contribution in [0.4, 0.5) is 0 Å². The molecule has 2 aromatic heterocycles. The number of rotatable bonds is 4. The van der Waals surface area contributed by atoms with Gasteiger partial charge in [-0.3, -0.25) is 9.78 Å². The Morgan fingerprint density at radius 1 is 1.33 bits per heavy atom. The number of carboxylic acid groups (broad SMARTS) is 1. The molecule has 3 rings (SSSR count). The van der Waals surface area contributed by atoms with E-state index in [1.165, 1.54) is 0 Å². The lowest BCUT2D eigenvalue weighted by Gasteiger charge is -2.13. The van der Waals surface area contributed by atoms with E-state index < -0.39 is 11.9 Å². The number of benzene rings is 1. The first-order valence-electron chi connectivity index (χ1n) is 6.40. The van der Waals surface area contributed by atoms with Crippen molar-refractivity contribution in [2.45, 2.75) is 12.3 Å². The molecule has 1 aromatic carbocycles. The van der Waals surface area contributed by atoms with Gasteiger partial charge in [-0.05, 0) is 30.2 Å². The summed E-state index contributed by atoms with van der Waals surface area (Å²) in [6.07, 6.45) is 5.20. The first-order valence-corrected chi connectivity index (χ1v) is 6.78. The van der Waals surface area contributed by atoms with Gasteiger partial charge < -0.3 is 5.11 Å². The van der Waals surface area contributed by atoms with Gasteiger partial charge in [0.05, 0.1) is 17.4 Å². The number of fused-ring (bicyclic) bond motifs is 1. The van der Waals surface area contributed by atoms with Gasteiger partial charge in [0.15, 0.2) is 0 Å². The van der Waals surface area contributed by atoms with Gasteiger partial charge in [0, 0.05) is 17.4 Å². The molecule has 0 saturated carbocycles. The lowest BCUT2D eigenvalue weighted by Crippen LogP contribution is -2.17. The highest BCUT2D eigenvalue weighted by Gasteiger charge is 2.24. The third-order valence-electron chi connectivity index (χ3n) is 3.31. The van der Waals surface area contributed by atoms with Gasteiger partial charge in [0.2, 0.25) is 0 Å². The molecule has 1 N–H and O–H groups in total. The van der Waals surface area contributed by atoms with Crippen LogP contribution >= 0.6 is 11.6 Å². The molecule has 1 atom stereocenters. The number of hydrogen-bond acceptors (Lipinski definition) is 3. The SMILES string of the molecule is O=C(O)C(Cc1cccc(Cl)c1)c1nccn2nccc12. The van der Waals surface area contributed by atoms with Crippen LogP contribution in [0.3, 0.4) is 0 Å². The predicted molar refractivity (Wildman–Crippen MR) is 78.5 cm³/mol. The van der Waals surface area contributed by atoms with E-state index in [1.807, 2.05) is 12.1 Å². The maximum atomic E-state index is 11.7. The summed E-state index contributed by atoms with van der Waals surface area (Å²) in [4.78, 5) is 15.9. The number of carbonyl (C=O) groups is 1. The largest absolute Gasteiger partial charge is 0.481 e. The van der Waals surface area contributed by atoms with E-state index in [0.717, 1.165) is 5.56 Å². The molecule has 5 nitrogen and oxygen atoms in total. The molecule has 0 aliphatic heterocycles. The van der Waals surface area contributed by atoms with Crippen molar-refractivity contribution in [3.8, 4) is 0 Å². The zero-order chi connectivity index (χ0) is 14.8. The minimum Gasteiger partial charge on any atom is -0.481 e. The smallest absolute Gasteiger partial charge is 0.313 e. The van der Waals surface area contributed by atoms with Gasteiger partial charge in [0.1, 0.15) is 5.92 Å². The second-order valence-electron chi connectivity index (χ2n) is 4.70. The quantitative estimate of drug-likeness (QED) is 0.804. The van der Waals surface area contributed by atoms with Gasteiger partial charge in [0.25, 0.3) is 0 Å². The Bertz CT molecular complexity index is 800. The van der Waals surface area contributed by atoms with Crippen LogP contribution in [0.5, 0.6) is 0 Å². The van der Waals surface area contributed by atoms with Crippen molar-refractivity contribution in [3.05, 3.63) is 65.2 Å². The van der Waals surface area contributed by atoms with Crippen LogP contribution in [-0.2, 0) is 11.2 Å². The number of aliphatic carboxylic acids is 1. The molecule has 0 aliphatic rings. The third kappa shape index (κ3) is 2.73. The number of nitrogens with zero attached hydrogens (tertiary/aromatic N) is 3. The molecule has 0 spiro atoms. The Labute approximate surface area is 125 Å². The molecule has 0 fully saturated rings. The maximum Gasteiger partial charge on any atom is 0.313 e. The highest BCUT2D eigenvalue weighted by molar-refractivity contribution is 6.30. The molecule has 106 valence electrons. The van der Waals surface area contributed by atoms with Crippen LogP contribution in [0, 0.1) is 0 Å². The Morgan fingerprint density at radius 3 is 2.95 bits per heavy atom. The third-order valence-corrected chi connectivity index (χ3v) is 3.55. The number of halogens is 1. The lowest BCUT2D eigenvalue weighted by atomic mass is 9.95.